The highest BCUT2D eigenvalue weighted by atomic mass is 16.1. The average molecular weight is 247 g/mol. The first-order valence-electron chi connectivity index (χ1n) is 6.50. The summed E-state index contributed by atoms with van der Waals surface area (Å²) in [4.78, 5) is 11.0. The highest BCUT2D eigenvalue weighted by molar-refractivity contribution is 5.89. The third kappa shape index (κ3) is 3.47. The molecule has 0 aliphatic carbocycles. The van der Waals surface area contributed by atoms with Crippen molar-refractivity contribution in [3.63, 3.8) is 0 Å². The van der Waals surface area contributed by atoms with Gasteiger partial charge in [0.2, 0.25) is 5.91 Å². The second kappa shape index (κ2) is 5.87. The van der Waals surface area contributed by atoms with Crippen molar-refractivity contribution >= 4 is 17.3 Å². The molecule has 1 aromatic carbocycles. The fourth-order valence-corrected chi connectivity index (χ4v) is 2.26. The number of amides is 1. The van der Waals surface area contributed by atoms with Crippen LogP contribution in [0.2, 0.25) is 0 Å². The van der Waals surface area contributed by atoms with Crippen LogP contribution in [-0.4, -0.2) is 25.0 Å². The summed E-state index contributed by atoms with van der Waals surface area (Å²) in [5.41, 5.74) is 3.13. The van der Waals surface area contributed by atoms with Gasteiger partial charge in [-0.05, 0) is 44.0 Å². The summed E-state index contributed by atoms with van der Waals surface area (Å²) in [5, 5.41) is 9.72. The average Bonchev–Trinajstić information content (AvgIpc) is 2.82. The summed E-state index contributed by atoms with van der Waals surface area (Å²) < 4.78 is 0. The second-order valence-corrected chi connectivity index (χ2v) is 4.89. The van der Waals surface area contributed by atoms with Gasteiger partial charge in [0.25, 0.3) is 0 Å². The summed E-state index contributed by atoms with van der Waals surface area (Å²) in [6.45, 7) is 5.65. The summed E-state index contributed by atoms with van der Waals surface area (Å²) in [6.07, 6.45) is 2.49. The van der Waals surface area contributed by atoms with Crippen LogP contribution in [0.15, 0.2) is 18.2 Å². The van der Waals surface area contributed by atoms with Gasteiger partial charge in [0.05, 0.1) is 0 Å². The second-order valence-electron chi connectivity index (χ2n) is 4.89. The third-order valence-corrected chi connectivity index (χ3v) is 3.26. The molecule has 98 valence electrons. The van der Waals surface area contributed by atoms with E-state index in [2.05, 4.69) is 22.9 Å². The minimum absolute atomic E-state index is 0.0396. The van der Waals surface area contributed by atoms with Crippen molar-refractivity contribution in [2.75, 3.05) is 23.7 Å². The zero-order chi connectivity index (χ0) is 13.0. The van der Waals surface area contributed by atoms with Gasteiger partial charge in [-0.15, -0.1) is 0 Å². The van der Waals surface area contributed by atoms with Gasteiger partial charge in [0.1, 0.15) is 0 Å². The molecule has 4 heteroatoms. The number of hydrogen-bond acceptors (Lipinski definition) is 3. The molecule has 2 rings (SSSR count). The van der Waals surface area contributed by atoms with Crippen LogP contribution in [0.4, 0.5) is 11.4 Å². The highest BCUT2D eigenvalue weighted by Crippen LogP contribution is 2.20. The first kappa shape index (κ1) is 12.9. The van der Waals surface area contributed by atoms with Crippen LogP contribution >= 0.6 is 0 Å². The number of carbonyl (C=O) groups excluding carboxylic acids is 1. The van der Waals surface area contributed by atoms with Gasteiger partial charge in [-0.2, -0.15) is 0 Å². The summed E-state index contributed by atoms with van der Waals surface area (Å²) in [6, 6.07) is 6.51. The van der Waals surface area contributed by atoms with E-state index in [0.717, 1.165) is 24.5 Å². The topological polar surface area (TPSA) is 53.2 Å². The van der Waals surface area contributed by atoms with Crippen molar-refractivity contribution in [2.24, 2.45) is 0 Å². The third-order valence-electron chi connectivity index (χ3n) is 3.26. The zero-order valence-corrected chi connectivity index (χ0v) is 11.0. The van der Waals surface area contributed by atoms with Crippen molar-refractivity contribution in [3.8, 4) is 0 Å². The number of carbonyl (C=O) groups is 1. The van der Waals surface area contributed by atoms with Crippen LogP contribution in [0.3, 0.4) is 0 Å². The molecule has 0 radical (unpaired) electrons. The Bertz CT molecular complexity index is 425. The maximum absolute atomic E-state index is 11.0. The van der Waals surface area contributed by atoms with Crippen LogP contribution in [-0.2, 0) is 4.79 Å². The lowest BCUT2D eigenvalue weighted by Gasteiger charge is -2.15. The lowest BCUT2D eigenvalue weighted by atomic mass is 10.1. The number of benzene rings is 1. The molecule has 1 unspecified atom stereocenters. The Morgan fingerprint density at radius 1 is 1.50 bits per heavy atom. The Labute approximate surface area is 108 Å². The molecular weight excluding hydrogens is 226 g/mol. The van der Waals surface area contributed by atoms with E-state index in [4.69, 9.17) is 0 Å². The highest BCUT2D eigenvalue weighted by Gasteiger charge is 2.13. The van der Waals surface area contributed by atoms with Gasteiger partial charge in [0.15, 0.2) is 0 Å². The Morgan fingerprint density at radius 2 is 2.33 bits per heavy atom. The van der Waals surface area contributed by atoms with Gasteiger partial charge in [0, 0.05) is 30.9 Å². The van der Waals surface area contributed by atoms with Crippen LogP contribution in [0.1, 0.15) is 25.3 Å². The predicted octanol–water partition coefficient (Wildman–Crippen LogP) is 2.12. The van der Waals surface area contributed by atoms with Crippen molar-refractivity contribution in [1.82, 2.24) is 5.32 Å². The minimum Gasteiger partial charge on any atom is -0.383 e. The molecule has 1 aliphatic heterocycles. The minimum atomic E-state index is -0.0396. The number of anilines is 2. The van der Waals surface area contributed by atoms with E-state index >= 15 is 0 Å². The molecule has 1 aromatic rings. The van der Waals surface area contributed by atoms with Gasteiger partial charge < -0.3 is 16.0 Å². The lowest BCUT2D eigenvalue weighted by molar-refractivity contribution is -0.114. The molecule has 1 atom stereocenters. The van der Waals surface area contributed by atoms with E-state index in [1.54, 1.807) is 0 Å². The molecule has 18 heavy (non-hydrogen) atoms. The van der Waals surface area contributed by atoms with Crippen molar-refractivity contribution in [2.45, 2.75) is 32.7 Å². The fourth-order valence-electron chi connectivity index (χ4n) is 2.26. The maximum Gasteiger partial charge on any atom is 0.221 e. The monoisotopic (exact) mass is 247 g/mol. The van der Waals surface area contributed by atoms with E-state index < -0.39 is 0 Å². The first-order valence-corrected chi connectivity index (χ1v) is 6.50. The normalized spacial score (nSPS) is 18.7. The Balaban J connectivity index is 1.98. The van der Waals surface area contributed by atoms with Crippen LogP contribution in [0.25, 0.3) is 0 Å². The molecule has 4 nitrogen and oxygen atoms in total. The lowest BCUT2D eigenvalue weighted by Crippen LogP contribution is -2.29. The van der Waals surface area contributed by atoms with E-state index in [1.165, 1.54) is 25.3 Å². The largest absolute Gasteiger partial charge is 0.383 e. The molecule has 1 fully saturated rings. The standard InChI is InChI=1S/C14H21N3O/c1-10-5-6-12(17-11(2)18)8-14(10)16-9-13-4-3-7-15-13/h5-6,8,13,15-16H,3-4,7,9H2,1-2H3,(H,17,18). The number of hydrogen-bond donors (Lipinski definition) is 3. The Morgan fingerprint density at radius 3 is 3.00 bits per heavy atom. The summed E-state index contributed by atoms with van der Waals surface area (Å²) in [7, 11) is 0. The quantitative estimate of drug-likeness (QED) is 0.764. The molecule has 0 spiro atoms. The molecule has 1 saturated heterocycles. The fraction of sp³-hybridized carbons (Fsp3) is 0.500. The van der Waals surface area contributed by atoms with Crippen molar-refractivity contribution in [1.29, 1.82) is 0 Å². The molecule has 3 N–H and O–H groups in total. The molecule has 0 saturated carbocycles. The van der Waals surface area contributed by atoms with Gasteiger partial charge >= 0.3 is 0 Å². The van der Waals surface area contributed by atoms with E-state index in [1.807, 2.05) is 18.2 Å². The Hall–Kier alpha value is -1.55. The van der Waals surface area contributed by atoms with Crippen LogP contribution in [0.5, 0.6) is 0 Å². The van der Waals surface area contributed by atoms with Crippen LogP contribution < -0.4 is 16.0 Å². The van der Waals surface area contributed by atoms with Crippen molar-refractivity contribution in [3.05, 3.63) is 23.8 Å². The van der Waals surface area contributed by atoms with Gasteiger partial charge in [-0.25, -0.2) is 0 Å². The van der Waals surface area contributed by atoms with E-state index in [0.29, 0.717) is 6.04 Å². The number of rotatable bonds is 4. The molecule has 0 bridgehead atoms. The molecule has 1 aliphatic rings. The number of aryl methyl sites for hydroxylation is 1. The zero-order valence-electron chi connectivity index (χ0n) is 11.0. The Kier molecular flexibility index (Phi) is 4.20. The first-order chi connectivity index (χ1) is 8.65. The molecule has 1 heterocycles. The summed E-state index contributed by atoms with van der Waals surface area (Å²) in [5.74, 6) is -0.0396. The van der Waals surface area contributed by atoms with E-state index in [-0.39, 0.29) is 5.91 Å². The molecular formula is C14H21N3O. The van der Waals surface area contributed by atoms with Crippen LogP contribution in [0, 0.1) is 6.92 Å². The summed E-state index contributed by atoms with van der Waals surface area (Å²) >= 11 is 0. The number of nitrogens with one attached hydrogen (secondary N) is 3. The van der Waals surface area contributed by atoms with Gasteiger partial charge in [-0.3, -0.25) is 4.79 Å². The van der Waals surface area contributed by atoms with Gasteiger partial charge in [-0.1, -0.05) is 6.07 Å². The smallest absolute Gasteiger partial charge is 0.221 e. The maximum atomic E-state index is 11.0. The molecule has 1 amide bonds. The molecule has 0 aromatic heterocycles. The SMILES string of the molecule is CC(=O)Nc1ccc(C)c(NCC2CCCN2)c1. The predicted molar refractivity (Wildman–Crippen MR) is 75.0 cm³/mol. The van der Waals surface area contributed by atoms with Crippen molar-refractivity contribution < 1.29 is 4.79 Å². The van der Waals surface area contributed by atoms with E-state index in [9.17, 15) is 4.79 Å².